The average Bonchev–Trinajstić information content (AvgIpc) is 1.59. The predicted molar refractivity (Wildman–Crippen MR) is 39.6 cm³/mol. The van der Waals surface area contributed by atoms with Crippen molar-refractivity contribution in [3.8, 4) is 0 Å². The van der Waals surface area contributed by atoms with Gasteiger partial charge in [0, 0.05) is 0 Å². The molecule has 0 aromatic rings. The molecule has 0 heterocycles. The van der Waals surface area contributed by atoms with Gasteiger partial charge in [0.25, 0.3) is 0 Å². The lowest BCUT2D eigenvalue weighted by Gasteiger charge is -1.97. The molecule has 0 atom stereocenters. The minimum atomic E-state index is -3.14. The van der Waals surface area contributed by atoms with Crippen molar-refractivity contribution in [2.75, 3.05) is 12.8 Å². The van der Waals surface area contributed by atoms with Crippen LogP contribution in [0.4, 0.5) is 0 Å². The zero-order valence-electron chi connectivity index (χ0n) is 4.92. The highest BCUT2D eigenvalue weighted by molar-refractivity contribution is 7.88. The minimum absolute atomic E-state index is 0.0359. The van der Waals surface area contributed by atoms with Crippen molar-refractivity contribution in [2.45, 2.75) is 0 Å². The second-order valence-corrected chi connectivity index (χ2v) is 3.92. The molecule has 0 aliphatic carbocycles. The maximum atomic E-state index is 10.3. The summed E-state index contributed by atoms with van der Waals surface area (Å²) in [6.45, 7) is 0.0359. The van der Waals surface area contributed by atoms with Crippen LogP contribution in [0.5, 0.6) is 0 Å². The van der Waals surface area contributed by atoms with Crippen molar-refractivity contribution in [3.05, 3.63) is 0 Å². The molecule has 0 aromatic carbocycles. The first-order valence-corrected chi connectivity index (χ1v) is 4.45. The molecular formula is C3H8N2O2S2. The fourth-order valence-electron chi connectivity index (χ4n) is 0.202. The SMILES string of the molecule is CS(=O)(=O)NCC(N)=S. The third-order valence-electron chi connectivity index (χ3n) is 0.509. The summed E-state index contributed by atoms with van der Waals surface area (Å²) < 4.78 is 22.7. The molecule has 0 spiro atoms. The topological polar surface area (TPSA) is 72.2 Å². The van der Waals surface area contributed by atoms with Crippen LogP contribution in [-0.2, 0) is 10.0 Å². The maximum Gasteiger partial charge on any atom is 0.209 e. The van der Waals surface area contributed by atoms with E-state index < -0.39 is 10.0 Å². The van der Waals surface area contributed by atoms with Crippen LogP contribution in [0.2, 0.25) is 0 Å². The normalized spacial score (nSPS) is 11.2. The molecule has 0 bridgehead atoms. The number of nitrogens with one attached hydrogen (secondary N) is 1. The van der Waals surface area contributed by atoms with Gasteiger partial charge >= 0.3 is 0 Å². The first kappa shape index (κ1) is 8.80. The van der Waals surface area contributed by atoms with Gasteiger partial charge in [-0.1, -0.05) is 12.2 Å². The summed E-state index contributed by atoms with van der Waals surface area (Å²) in [6, 6.07) is 0. The monoisotopic (exact) mass is 168 g/mol. The Labute approximate surface area is 59.5 Å². The molecule has 0 radical (unpaired) electrons. The van der Waals surface area contributed by atoms with Gasteiger partial charge in [-0.15, -0.1) is 0 Å². The third kappa shape index (κ3) is 7.80. The Morgan fingerprint density at radius 2 is 2.22 bits per heavy atom. The molecule has 0 aromatic heterocycles. The number of sulfonamides is 1. The number of hydrogen-bond donors (Lipinski definition) is 2. The molecule has 0 amide bonds. The van der Waals surface area contributed by atoms with E-state index in [4.69, 9.17) is 5.73 Å². The molecule has 0 fully saturated rings. The Morgan fingerprint density at radius 1 is 1.78 bits per heavy atom. The first-order chi connectivity index (χ1) is 3.92. The molecule has 6 heteroatoms. The van der Waals surface area contributed by atoms with Gasteiger partial charge in [0.2, 0.25) is 10.0 Å². The van der Waals surface area contributed by atoms with Gasteiger partial charge in [0.15, 0.2) is 0 Å². The summed E-state index contributed by atoms with van der Waals surface area (Å²) in [4.78, 5) is 0.139. The highest BCUT2D eigenvalue weighted by atomic mass is 32.2. The van der Waals surface area contributed by atoms with Crippen molar-refractivity contribution in [1.82, 2.24) is 4.72 Å². The van der Waals surface area contributed by atoms with Crippen LogP contribution in [0.3, 0.4) is 0 Å². The Balaban J connectivity index is 3.67. The molecule has 3 N–H and O–H groups in total. The van der Waals surface area contributed by atoms with Crippen molar-refractivity contribution >= 4 is 27.2 Å². The lowest BCUT2D eigenvalue weighted by molar-refractivity contribution is 0.592. The van der Waals surface area contributed by atoms with Gasteiger partial charge in [0.1, 0.15) is 0 Å². The molecule has 0 rings (SSSR count). The lowest BCUT2D eigenvalue weighted by Crippen LogP contribution is -2.31. The molecule has 0 unspecified atom stereocenters. The van der Waals surface area contributed by atoms with E-state index in [0.29, 0.717) is 0 Å². The fraction of sp³-hybridized carbons (Fsp3) is 0.667. The zero-order chi connectivity index (χ0) is 7.49. The highest BCUT2D eigenvalue weighted by Gasteiger charge is 1.98. The van der Waals surface area contributed by atoms with E-state index in [1.807, 2.05) is 0 Å². The van der Waals surface area contributed by atoms with Crippen molar-refractivity contribution in [1.29, 1.82) is 0 Å². The minimum Gasteiger partial charge on any atom is -0.392 e. The van der Waals surface area contributed by atoms with Gasteiger partial charge in [-0.3, -0.25) is 0 Å². The fourth-order valence-corrected chi connectivity index (χ4v) is 0.783. The van der Waals surface area contributed by atoms with Crippen LogP contribution < -0.4 is 10.5 Å². The van der Waals surface area contributed by atoms with E-state index in [0.717, 1.165) is 6.26 Å². The van der Waals surface area contributed by atoms with Gasteiger partial charge < -0.3 is 5.73 Å². The lowest BCUT2D eigenvalue weighted by atomic mass is 10.7. The van der Waals surface area contributed by atoms with E-state index in [1.54, 1.807) is 0 Å². The summed E-state index contributed by atoms with van der Waals surface area (Å²) in [6.07, 6.45) is 1.05. The van der Waals surface area contributed by atoms with E-state index in [2.05, 4.69) is 16.9 Å². The Bertz CT molecular complexity index is 196. The molecule has 9 heavy (non-hydrogen) atoms. The average molecular weight is 168 g/mol. The Hall–Kier alpha value is -0.200. The summed E-state index contributed by atoms with van der Waals surface area (Å²) in [7, 11) is -3.14. The smallest absolute Gasteiger partial charge is 0.209 e. The van der Waals surface area contributed by atoms with Gasteiger partial charge in [-0.05, 0) is 0 Å². The molecular weight excluding hydrogens is 160 g/mol. The Kier molecular flexibility index (Phi) is 3.02. The second-order valence-electron chi connectivity index (χ2n) is 1.56. The molecule has 54 valence electrons. The summed E-state index contributed by atoms with van der Waals surface area (Å²) >= 11 is 4.41. The number of thiocarbonyl (C=S) groups is 1. The van der Waals surface area contributed by atoms with Gasteiger partial charge in [-0.25, -0.2) is 13.1 Å². The first-order valence-electron chi connectivity index (χ1n) is 2.15. The van der Waals surface area contributed by atoms with E-state index >= 15 is 0 Å². The van der Waals surface area contributed by atoms with Crippen molar-refractivity contribution in [3.63, 3.8) is 0 Å². The predicted octanol–water partition coefficient (Wildman–Crippen LogP) is -1.18. The van der Waals surface area contributed by atoms with Crippen molar-refractivity contribution < 1.29 is 8.42 Å². The molecule has 0 saturated carbocycles. The maximum absolute atomic E-state index is 10.3. The van der Waals surface area contributed by atoms with E-state index in [9.17, 15) is 8.42 Å². The summed E-state index contributed by atoms with van der Waals surface area (Å²) in [5, 5.41) is 0. The van der Waals surface area contributed by atoms with E-state index in [-0.39, 0.29) is 11.5 Å². The van der Waals surface area contributed by atoms with E-state index in [1.165, 1.54) is 0 Å². The third-order valence-corrected chi connectivity index (χ3v) is 1.32. The van der Waals surface area contributed by atoms with Crippen molar-refractivity contribution in [2.24, 2.45) is 5.73 Å². The standard InChI is InChI=1S/C3H8N2O2S2/c1-9(6,7)5-2-3(4)8/h5H,2H2,1H3,(H2,4,8). The highest BCUT2D eigenvalue weighted by Crippen LogP contribution is 1.71. The van der Waals surface area contributed by atoms with Crippen LogP contribution in [0, 0.1) is 0 Å². The van der Waals surface area contributed by atoms with Crippen LogP contribution >= 0.6 is 12.2 Å². The van der Waals surface area contributed by atoms with Gasteiger partial charge in [-0.2, -0.15) is 0 Å². The zero-order valence-corrected chi connectivity index (χ0v) is 6.55. The molecule has 0 saturated heterocycles. The number of rotatable bonds is 3. The van der Waals surface area contributed by atoms with Crippen LogP contribution in [0.15, 0.2) is 0 Å². The van der Waals surface area contributed by atoms with Crippen LogP contribution in [-0.4, -0.2) is 26.2 Å². The number of nitrogens with two attached hydrogens (primary N) is 1. The van der Waals surface area contributed by atoms with Crippen LogP contribution in [0.1, 0.15) is 0 Å². The molecule has 0 aliphatic rings. The molecule has 4 nitrogen and oxygen atoms in total. The quantitative estimate of drug-likeness (QED) is 0.520. The number of hydrogen-bond acceptors (Lipinski definition) is 3. The summed E-state index contributed by atoms with van der Waals surface area (Å²) in [5.74, 6) is 0. The second kappa shape index (κ2) is 3.09. The van der Waals surface area contributed by atoms with Gasteiger partial charge in [0.05, 0.1) is 17.8 Å². The summed E-state index contributed by atoms with van der Waals surface area (Å²) in [5.41, 5.74) is 5.00. The largest absolute Gasteiger partial charge is 0.392 e. The Morgan fingerprint density at radius 3 is 2.33 bits per heavy atom. The van der Waals surface area contributed by atoms with Crippen LogP contribution in [0.25, 0.3) is 0 Å². The molecule has 0 aliphatic heterocycles.